The molecule has 3 unspecified atom stereocenters. The van der Waals surface area contributed by atoms with Crippen molar-refractivity contribution in [3.63, 3.8) is 0 Å². The maximum absolute atomic E-state index is 13.2. The lowest BCUT2D eigenvalue weighted by Gasteiger charge is -2.29. The highest BCUT2D eigenvalue weighted by Gasteiger charge is 2.37. The van der Waals surface area contributed by atoms with Crippen LogP contribution in [-0.4, -0.2) is 77.9 Å². The molecular weight excluding hydrogens is 624 g/mol. The first kappa shape index (κ1) is 34.2. The Labute approximate surface area is 296 Å². The Kier molecular flexibility index (Phi) is 10.2. The van der Waals surface area contributed by atoms with Crippen LogP contribution in [-0.2, 0) is 19.1 Å². The first-order valence-corrected chi connectivity index (χ1v) is 18.4. The Morgan fingerprint density at radius 2 is 1.24 bits per heavy atom. The number of nitrogens with zero attached hydrogens (tertiary/aromatic N) is 3. The fraction of sp³-hybridized carbons (Fsp3) is 0.452. The number of amides is 2. The molecule has 4 atom stereocenters. The molecule has 2 amide bonds. The van der Waals surface area contributed by atoms with Crippen LogP contribution < -0.4 is 5.32 Å². The van der Waals surface area contributed by atoms with Gasteiger partial charge in [0.1, 0.15) is 12.2 Å². The molecule has 4 aliphatic rings. The third-order valence-corrected chi connectivity index (χ3v) is 10.9. The van der Waals surface area contributed by atoms with Crippen LogP contribution in [0.5, 0.6) is 0 Å². The van der Waals surface area contributed by atoms with Gasteiger partial charge in [-0.05, 0) is 124 Å². The molecule has 4 fully saturated rings. The molecule has 4 heterocycles. The van der Waals surface area contributed by atoms with E-state index in [-0.39, 0.29) is 36.1 Å². The molecule has 0 bridgehead atoms. The average molecular weight is 675 g/mol. The minimum absolute atomic E-state index is 0.0308. The van der Waals surface area contributed by atoms with Gasteiger partial charge in [-0.2, -0.15) is 0 Å². The predicted octanol–water partition coefficient (Wildman–Crippen LogP) is 8.00. The Bertz CT molecular complexity index is 1770. The number of aliphatic imine (C=N–C) groups is 1. The number of nitrogens with one attached hydrogen (secondary N) is 1. The topological polar surface area (TPSA) is 83.5 Å². The molecule has 262 valence electrons. The van der Waals surface area contributed by atoms with E-state index in [9.17, 15) is 9.59 Å². The van der Waals surface area contributed by atoms with Gasteiger partial charge in [0.25, 0.3) is 11.8 Å². The third-order valence-electron chi connectivity index (χ3n) is 10.9. The van der Waals surface area contributed by atoms with Gasteiger partial charge in [-0.1, -0.05) is 49.0 Å². The van der Waals surface area contributed by atoms with Crippen LogP contribution in [0.1, 0.15) is 69.4 Å². The Hall–Kier alpha value is -4.27. The molecule has 3 aromatic carbocycles. The zero-order valence-electron chi connectivity index (χ0n) is 29.7. The van der Waals surface area contributed by atoms with Gasteiger partial charge in [-0.3, -0.25) is 14.6 Å². The molecule has 0 saturated carbocycles. The van der Waals surface area contributed by atoms with Gasteiger partial charge >= 0.3 is 0 Å². The summed E-state index contributed by atoms with van der Waals surface area (Å²) in [5.41, 5.74) is 10.6. The SMILES string of the molecule is C=C(Nc1cc(-c2ccc(-c3ccc(N=C(C)[C@@H]4CCCN4C(=O)C4CCCO4)c(C)c3)cc2)ccc1C)C1CCCN1C(=O)C1CCCO1. The molecule has 50 heavy (non-hydrogen) atoms. The monoisotopic (exact) mass is 674 g/mol. The van der Waals surface area contributed by atoms with Crippen LogP contribution in [0, 0.1) is 13.8 Å². The van der Waals surface area contributed by atoms with E-state index in [1.165, 1.54) is 0 Å². The van der Waals surface area contributed by atoms with E-state index in [1.54, 1.807) is 0 Å². The highest BCUT2D eigenvalue weighted by Crippen LogP contribution is 2.33. The first-order valence-electron chi connectivity index (χ1n) is 18.4. The Balaban J connectivity index is 1.02. The summed E-state index contributed by atoms with van der Waals surface area (Å²) in [6.07, 6.45) is 6.76. The second-order valence-electron chi connectivity index (χ2n) is 14.4. The van der Waals surface area contributed by atoms with Crippen LogP contribution in [0.4, 0.5) is 11.4 Å². The normalized spacial score (nSPS) is 23.9. The average Bonchev–Trinajstić information content (AvgIpc) is 3.97. The molecular formula is C42H50N4O4. The zero-order chi connectivity index (χ0) is 34.8. The zero-order valence-corrected chi connectivity index (χ0v) is 29.7. The van der Waals surface area contributed by atoms with Crippen molar-refractivity contribution in [2.45, 2.75) is 96.4 Å². The Morgan fingerprint density at radius 3 is 1.82 bits per heavy atom. The number of hydrogen-bond acceptors (Lipinski definition) is 6. The van der Waals surface area contributed by atoms with Crippen LogP contribution in [0.15, 0.2) is 77.9 Å². The lowest BCUT2D eigenvalue weighted by molar-refractivity contribution is -0.141. The number of carbonyl (C=O) groups excluding carboxylic acids is 2. The standard InChI is InChI=1S/C42H50N4O4/c1-27-13-14-34(26-36(27)44-30(4)38-10-6-22-46(38)42(48)40-12-8-24-50-40)32-17-15-31(16-18-32)33-19-20-35(28(2)25-33)43-29(3)37-9-5-21-45(37)41(47)39-11-7-23-49-39/h13-20,25-26,37-40,44H,4-12,21-24H2,1-3H3/t37-,38?,39?,40?/m0/s1. The second kappa shape index (κ2) is 14.9. The summed E-state index contributed by atoms with van der Waals surface area (Å²) in [5.74, 6) is 0.224. The molecule has 7 rings (SSSR count). The van der Waals surface area contributed by atoms with E-state index in [0.717, 1.165) is 121 Å². The minimum Gasteiger partial charge on any atom is -0.368 e. The number of benzene rings is 3. The number of rotatable bonds is 9. The highest BCUT2D eigenvalue weighted by molar-refractivity contribution is 5.95. The van der Waals surface area contributed by atoms with Gasteiger partial charge in [0.15, 0.2) is 0 Å². The number of likely N-dealkylation sites (tertiary alicyclic amines) is 2. The summed E-state index contributed by atoms with van der Waals surface area (Å²) in [5, 5.41) is 3.57. The largest absolute Gasteiger partial charge is 0.368 e. The number of hydrogen-bond donors (Lipinski definition) is 1. The number of carbonyl (C=O) groups is 2. The van der Waals surface area contributed by atoms with Gasteiger partial charge in [0.05, 0.1) is 17.8 Å². The number of aryl methyl sites for hydroxylation is 2. The van der Waals surface area contributed by atoms with E-state index in [4.69, 9.17) is 14.5 Å². The fourth-order valence-electron chi connectivity index (χ4n) is 8.04. The molecule has 8 nitrogen and oxygen atoms in total. The molecule has 4 saturated heterocycles. The van der Waals surface area contributed by atoms with Gasteiger partial charge < -0.3 is 24.6 Å². The quantitative estimate of drug-likeness (QED) is 0.233. The third kappa shape index (κ3) is 7.14. The summed E-state index contributed by atoms with van der Waals surface area (Å²) >= 11 is 0. The summed E-state index contributed by atoms with van der Waals surface area (Å²) < 4.78 is 11.4. The van der Waals surface area contributed by atoms with E-state index < -0.39 is 0 Å². The van der Waals surface area contributed by atoms with Gasteiger partial charge in [-0.25, -0.2) is 0 Å². The smallest absolute Gasteiger partial charge is 0.252 e. The van der Waals surface area contributed by atoms with Crippen LogP contribution in [0.3, 0.4) is 0 Å². The number of ether oxygens (including phenoxy) is 2. The predicted molar refractivity (Wildman–Crippen MR) is 200 cm³/mol. The van der Waals surface area contributed by atoms with Gasteiger partial charge in [-0.15, -0.1) is 0 Å². The van der Waals surface area contributed by atoms with Crippen molar-refractivity contribution in [1.29, 1.82) is 0 Å². The lowest BCUT2D eigenvalue weighted by atomic mass is 9.97. The first-order chi connectivity index (χ1) is 24.3. The van der Waals surface area contributed by atoms with Crippen molar-refractivity contribution >= 4 is 28.9 Å². The van der Waals surface area contributed by atoms with Crippen LogP contribution in [0.25, 0.3) is 22.3 Å². The number of anilines is 1. The van der Waals surface area contributed by atoms with Crippen molar-refractivity contribution in [1.82, 2.24) is 9.80 Å². The van der Waals surface area contributed by atoms with Crippen molar-refractivity contribution in [2.75, 3.05) is 31.6 Å². The molecule has 1 N–H and O–H groups in total. The maximum atomic E-state index is 13.2. The van der Waals surface area contributed by atoms with Crippen LogP contribution in [0.2, 0.25) is 0 Å². The summed E-state index contributed by atoms with van der Waals surface area (Å²) in [4.78, 5) is 35.2. The van der Waals surface area contributed by atoms with E-state index >= 15 is 0 Å². The maximum Gasteiger partial charge on any atom is 0.252 e. The molecule has 4 aliphatic heterocycles. The Morgan fingerprint density at radius 1 is 0.700 bits per heavy atom. The van der Waals surface area contributed by atoms with E-state index in [2.05, 4.69) is 93.3 Å². The molecule has 3 aromatic rings. The molecule has 0 radical (unpaired) electrons. The van der Waals surface area contributed by atoms with E-state index in [0.29, 0.717) is 13.2 Å². The summed E-state index contributed by atoms with van der Waals surface area (Å²) in [6.45, 7) is 13.5. The molecule has 0 aromatic heterocycles. The summed E-state index contributed by atoms with van der Waals surface area (Å²) in [7, 11) is 0. The van der Waals surface area contributed by atoms with Crippen molar-refractivity contribution < 1.29 is 19.1 Å². The summed E-state index contributed by atoms with van der Waals surface area (Å²) in [6, 6.07) is 21.6. The molecule has 0 aliphatic carbocycles. The minimum atomic E-state index is -0.306. The lowest BCUT2D eigenvalue weighted by Crippen LogP contribution is -2.44. The molecule has 0 spiro atoms. The van der Waals surface area contributed by atoms with Crippen molar-refractivity contribution in [3.8, 4) is 22.3 Å². The second-order valence-corrected chi connectivity index (χ2v) is 14.4. The van der Waals surface area contributed by atoms with E-state index in [1.807, 2.05) is 9.80 Å². The van der Waals surface area contributed by atoms with Crippen molar-refractivity contribution in [2.24, 2.45) is 4.99 Å². The van der Waals surface area contributed by atoms with Gasteiger partial charge in [0, 0.05) is 43.4 Å². The van der Waals surface area contributed by atoms with Crippen LogP contribution >= 0.6 is 0 Å². The van der Waals surface area contributed by atoms with Crippen molar-refractivity contribution in [3.05, 3.63) is 84.1 Å². The molecule has 8 heteroatoms. The highest BCUT2D eigenvalue weighted by atomic mass is 16.5. The van der Waals surface area contributed by atoms with Gasteiger partial charge in [0.2, 0.25) is 0 Å². The fourth-order valence-corrected chi connectivity index (χ4v) is 8.04.